The molecule has 15 heavy (non-hydrogen) atoms. The van der Waals surface area contributed by atoms with E-state index in [0.717, 1.165) is 5.25 Å². The van der Waals surface area contributed by atoms with Crippen molar-refractivity contribution in [3.05, 3.63) is 66.2 Å². The van der Waals surface area contributed by atoms with Crippen LogP contribution in [0.25, 0.3) is 0 Å². The van der Waals surface area contributed by atoms with Crippen LogP contribution in [0.2, 0.25) is 0 Å². The Balaban J connectivity index is 1.81. The fourth-order valence-electron chi connectivity index (χ4n) is 1.83. The Hall–Kier alpha value is -1.21. The normalized spacial score (nSPS) is 23.7. The largest absolute Gasteiger partial charge is 0.191 e. The van der Waals surface area contributed by atoms with Gasteiger partial charge in [-0.3, -0.25) is 0 Å². The zero-order valence-electron chi connectivity index (χ0n) is 8.39. The minimum atomic E-state index is 0.427. The Labute approximate surface area is 93.3 Å². The van der Waals surface area contributed by atoms with E-state index in [1.165, 1.54) is 16.2 Å². The molecule has 1 aliphatic heterocycles. The average molecular weight is 212 g/mol. The Morgan fingerprint density at radius 3 is 2.53 bits per heavy atom. The van der Waals surface area contributed by atoms with Gasteiger partial charge in [0.25, 0.3) is 0 Å². The topological polar surface area (TPSA) is 0 Å². The van der Waals surface area contributed by atoms with Crippen molar-refractivity contribution < 1.29 is 0 Å². The van der Waals surface area contributed by atoms with Gasteiger partial charge in [0.15, 0.2) is 11.0 Å². The summed E-state index contributed by atoms with van der Waals surface area (Å²) in [6.45, 7) is 0. The molecule has 0 aromatic heterocycles. The van der Waals surface area contributed by atoms with E-state index in [1.807, 2.05) is 12.1 Å². The Morgan fingerprint density at radius 1 is 1.00 bits per heavy atom. The van der Waals surface area contributed by atoms with Crippen molar-refractivity contribution in [2.75, 3.05) is 5.75 Å². The molecule has 0 bridgehead atoms. The smallest absolute Gasteiger partial charge is 0.172 e. The second-order valence-corrected chi connectivity index (χ2v) is 5.92. The van der Waals surface area contributed by atoms with Crippen LogP contribution in [0.15, 0.2) is 59.5 Å². The number of benzene rings is 2. The lowest BCUT2D eigenvalue weighted by atomic mass is 10.2. The summed E-state index contributed by atoms with van der Waals surface area (Å²) < 4.78 is 0. The number of rotatable bonds is 2. The molecule has 1 saturated heterocycles. The average Bonchev–Trinajstić information content (AvgIpc) is 3.11. The lowest BCUT2D eigenvalue weighted by Gasteiger charge is -1.96. The van der Waals surface area contributed by atoms with Crippen molar-refractivity contribution in [1.29, 1.82) is 0 Å². The van der Waals surface area contributed by atoms with Crippen LogP contribution in [-0.4, -0.2) is 5.75 Å². The van der Waals surface area contributed by atoms with Gasteiger partial charge in [-0.15, -0.1) is 12.1 Å². The minimum Gasteiger partial charge on any atom is -0.172 e. The summed E-state index contributed by atoms with van der Waals surface area (Å²) in [5, 5.41) is 0.754. The summed E-state index contributed by atoms with van der Waals surface area (Å²) in [5.74, 6) is 1.31. The first-order chi connectivity index (χ1) is 7.45. The molecule has 0 saturated carbocycles. The van der Waals surface area contributed by atoms with E-state index in [0.29, 0.717) is 10.9 Å². The molecule has 2 atom stereocenters. The number of hydrogen-bond acceptors (Lipinski definition) is 0. The monoisotopic (exact) mass is 212 g/mol. The minimum absolute atomic E-state index is 0.427. The molecule has 0 amide bonds. The van der Waals surface area contributed by atoms with Gasteiger partial charge < -0.3 is 0 Å². The van der Waals surface area contributed by atoms with Crippen LogP contribution in [-0.2, 0) is 10.9 Å². The maximum Gasteiger partial charge on any atom is 0.191 e. The van der Waals surface area contributed by atoms with Crippen molar-refractivity contribution >= 4 is 10.9 Å². The van der Waals surface area contributed by atoms with E-state index in [-0.39, 0.29) is 0 Å². The first-order valence-electron chi connectivity index (χ1n) is 5.16. The predicted molar refractivity (Wildman–Crippen MR) is 65.0 cm³/mol. The van der Waals surface area contributed by atoms with E-state index in [4.69, 9.17) is 0 Å². The van der Waals surface area contributed by atoms with E-state index in [1.54, 1.807) is 0 Å². The molecule has 1 heterocycles. The van der Waals surface area contributed by atoms with Crippen molar-refractivity contribution in [2.45, 2.75) is 10.1 Å². The quantitative estimate of drug-likeness (QED) is 0.407. The molecular formula is C14H12S. The van der Waals surface area contributed by atoms with Crippen LogP contribution in [0.3, 0.4) is 0 Å². The molecule has 3 rings (SSSR count). The predicted octanol–water partition coefficient (Wildman–Crippen LogP) is 3.22. The van der Waals surface area contributed by atoms with Crippen LogP contribution in [0, 0.1) is 6.07 Å². The van der Waals surface area contributed by atoms with Gasteiger partial charge in [-0.05, 0) is 0 Å². The lowest BCUT2D eigenvalue weighted by molar-refractivity contribution is 1.23. The zero-order valence-corrected chi connectivity index (χ0v) is 9.21. The first kappa shape index (κ1) is 9.05. The molecule has 0 spiro atoms. The molecule has 1 unspecified atom stereocenters. The summed E-state index contributed by atoms with van der Waals surface area (Å²) >= 11 is 0. The summed E-state index contributed by atoms with van der Waals surface area (Å²) in [6.07, 6.45) is 0. The van der Waals surface area contributed by atoms with Gasteiger partial charge in [-0.2, -0.15) is 18.2 Å². The second kappa shape index (κ2) is 3.74. The second-order valence-electron chi connectivity index (χ2n) is 3.72. The van der Waals surface area contributed by atoms with Gasteiger partial charge in [-0.1, -0.05) is 30.3 Å². The zero-order chi connectivity index (χ0) is 10.1. The maximum absolute atomic E-state index is 3.34. The van der Waals surface area contributed by atoms with Gasteiger partial charge >= 0.3 is 0 Å². The van der Waals surface area contributed by atoms with Gasteiger partial charge in [0.1, 0.15) is 0 Å². The van der Waals surface area contributed by atoms with Crippen molar-refractivity contribution in [3.8, 4) is 0 Å². The molecule has 74 valence electrons. The highest BCUT2D eigenvalue weighted by Gasteiger charge is 2.50. The van der Waals surface area contributed by atoms with Crippen LogP contribution in [0.5, 0.6) is 0 Å². The summed E-state index contributed by atoms with van der Waals surface area (Å²) in [6, 6.07) is 22.5. The van der Waals surface area contributed by atoms with Crippen LogP contribution in [0.4, 0.5) is 0 Å². The molecule has 1 heteroatoms. The molecular weight excluding hydrogens is 200 g/mol. The third-order valence-corrected chi connectivity index (χ3v) is 4.90. The summed E-state index contributed by atoms with van der Waals surface area (Å²) in [7, 11) is 0.427. The van der Waals surface area contributed by atoms with E-state index < -0.39 is 0 Å². The molecule has 0 nitrogen and oxygen atoms in total. The van der Waals surface area contributed by atoms with Gasteiger partial charge in [0.05, 0.1) is 0 Å². The maximum atomic E-state index is 3.34. The molecule has 0 aliphatic carbocycles. The van der Waals surface area contributed by atoms with Crippen LogP contribution < -0.4 is 0 Å². The van der Waals surface area contributed by atoms with Gasteiger partial charge in [0, 0.05) is 21.4 Å². The van der Waals surface area contributed by atoms with Crippen LogP contribution in [0.1, 0.15) is 10.8 Å². The van der Waals surface area contributed by atoms with E-state index in [2.05, 4.69) is 48.5 Å². The SMILES string of the molecule is [c-]1ccccc1[S+]1C[C@H]1c1ccccc1. The molecule has 2 aromatic carbocycles. The van der Waals surface area contributed by atoms with Gasteiger partial charge in [0.2, 0.25) is 0 Å². The first-order valence-corrected chi connectivity index (χ1v) is 6.62. The van der Waals surface area contributed by atoms with Crippen molar-refractivity contribution in [1.82, 2.24) is 0 Å². The van der Waals surface area contributed by atoms with Crippen LogP contribution >= 0.6 is 0 Å². The number of hydrogen-bond donors (Lipinski definition) is 0. The molecule has 1 aliphatic rings. The van der Waals surface area contributed by atoms with E-state index in [9.17, 15) is 0 Å². The molecule has 0 N–H and O–H groups in total. The highest BCUT2D eigenvalue weighted by Crippen LogP contribution is 2.45. The third-order valence-electron chi connectivity index (χ3n) is 2.69. The molecule has 0 radical (unpaired) electrons. The summed E-state index contributed by atoms with van der Waals surface area (Å²) in [4.78, 5) is 1.39. The lowest BCUT2D eigenvalue weighted by Crippen LogP contribution is -1.84. The van der Waals surface area contributed by atoms with E-state index >= 15 is 0 Å². The third kappa shape index (κ3) is 1.80. The highest BCUT2D eigenvalue weighted by molar-refractivity contribution is 8.03. The van der Waals surface area contributed by atoms with Gasteiger partial charge in [-0.25, -0.2) is 0 Å². The molecule has 1 fully saturated rings. The Kier molecular flexibility index (Phi) is 2.26. The Morgan fingerprint density at radius 2 is 1.80 bits per heavy atom. The van der Waals surface area contributed by atoms with Crippen molar-refractivity contribution in [3.63, 3.8) is 0 Å². The van der Waals surface area contributed by atoms with Crippen molar-refractivity contribution in [2.24, 2.45) is 0 Å². The highest BCUT2D eigenvalue weighted by atomic mass is 32.2. The Bertz CT molecular complexity index is 392. The molecule has 2 aromatic rings. The summed E-state index contributed by atoms with van der Waals surface area (Å²) in [5.41, 5.74) is 1.48. The fraction of sp³-hybridized carbons (Fsp3) is 0.143. The fourth-order valence-corrected chi connectivity index (χ4v) is 3.92. The standard InChI is InChI=1S/C14H12S/c1-3-7-12(8-4-1)14-11-15(14)13-9-5-2-6-10-13/h1-9,14H,11H2/t14-,15?/m0/s1.